The number of esters is 1. The molecule has 1 atom stereocenters. The molecule has 0 spiro atoms. The second kappa shape index (κ2) is 8.81. The molecular weight excluding hydrogens is 330 g/mol. The van der Waals surface area contributed by atoms with E-state index in [1.54, 1.807) is 32.9 Å². The normalized spacial score (nSPS) is 12.0. The summed E-state index contributed by atoms with van der Waals surface area (Å²) in [6, 6.07) is 7.43. The predicted molar refractivity (Wildman–Crippen MR) is 101 cm³/mol. The van der Waals surface area contributed by atoms with Crippen LogP contribution in [0.2, 0.25) is 0 Å². The molecule has 1 heterocycles. The summed E-state index contributed by atoms with van der Waals surface area (Å²) in [6.45, 7) is 7.01. The van der Waals surface area contributed by atoms with Gasteiger partial charge in [-0.25, -0.2) is 4.79 Å². The van der Waals surface area contributed by atoms with E-state index in [1.807, 2.05) is 12.1 Å². The summed E-state index contributed by atoms with van der Waals surface area (Å²) in [4.78, 5) is 27.5. The smallest absolute Gasteiger partial charge is 0.355 e. The Bertz CT molecular complexity index is 772. The summed E-state index contributed by atoms with van der Waals surface area (Å²) in [5, 5.41) is 9.80. The van der Waals surface area contributed by atoms with E-state index >= 15 is 0 Å². The molecule has 1 aromatic heterocycles. The van der Waals surface area contributed by atoms with Crippen LogP contribution < -0.4 is 0 Å². The van der Waals surface area contributed by atoms with Gasteiger partial charge in [0.2, 0.25) is 0 Å². The summed E-state index contributed by atoms with van der Waals surface area (Å²) < 4.78 is 5.17. The monoisotopic (exact) mass is 357 g/mol. The number of benzene rings is 1. The molecule has 0 amide bonds. The fraction of sp³-hybridized carbons (Fsp3) is 0.429. The van der Waals surface area contributed by atoms with E-state index < -0.39 is 12.1 Å². The number of hydrogen-bond acceptors (Lipinski definition) is 4. The van der Waals surface area contributed by atoms with Gasteiger partial charge in [0.15, 0.2) is 12.4 Å². The number of aromatic nitrogens is 1. The Morgan fingerprint density at radius 1 is 1.19 bits per heavy atom. The summed E-state index contributed by atoms with van der Waals surface area (Å²) >= 11 is 0. The number of rotatable bonds is 8. The molecule has 2 rings (SSSR count). The van der Waals surface area contributed by atoms with Gasteiger partial charge in [-0.3, -0.25) is 4.79 Å². The van der Waals surface area contributed by atoms with Gasteiger partial charge in [-0.05, 0) is 44.7 Å². The van der Waals surface area contributed by atoms with Crippen molar-refractivity contribution >= 4 is 11.8 Å². The molecule has 0 aliphatic carbocycles. The van der Waals surface area contributed by atoms with Crippen molar-refractivity contribution in [2.45, 2.75) is 53.1 Å². The molecule has 5 nitrogen and oxygen atoms in total. The largest absolute Gasteiger partial charge is 0.453 e. The van der Waals surface area contributed by atoms with Crippen LogP contribution in [0.1, 0.15) is 76.0 Å². The van der Waals surface area contributed by atoms with Gasteiger partial charge >= 0.3 is 5.97 Å². The van der Waals surface area contributed by atoms with Crippen LogP contribution in [-0.2, 0) is 11.2 Å². The highest BCUT2D eigenvalue weighted by molar-refractivity contribution is 5.99. The van der Waals surface area contributed by atoms with Crippen molar-refractivity contribution in [3.8, 4) is 0 Å². The molecule has 26 heavy (non-hydrogen) atoms. The third-order valence-electron chi connectivity index (χ3n) is 4.55. The minimum atomic E-state index is -0.680. The highest BCUT2D eigenvalue weighted by Crippen LogP contribution is 2.24. The van der Waals surface area contributed by atoms with Gasteiger partial charge in [0.25, 0.3) is 0 Å². The van der Waals surface area contributed by atoms with Crippen LogP contribution in [0, 0.1) is 13.8 Å². The quantitative estimate of drug-likeness (QED) is 0.551. The molecule has 5 heteroatoms. The number of aromatic amines is 1. The van der Waals surface area contributed by atoms with Crippen LogP contribution in [0.4, 0.5) is 0 Å². The van der Waals surface area contributed by atoms with E-state index in [0.717, 1.165) is 25.0 Å². The Labute approximate surface area is 154 Å². The summed E-state index contributed by atoms with van der Waals surface area (Å²) in [6.07, 6.45) is 2.57. The fourth-order valence-corrected chi connectivity index (χ4v) is 3.12. The van der Waals surface area contributed by atoms with Crippen molar-refractivity contribution in [3.63, 3.8) is 0 Å². The molecule has 0 radical (unpaired) electrons. The number of ether oxygens (including phenoxy) is 1. The number of nitrogens with one attached hydrogen (secondary N) is 1. The third kappa shape index (κ3) is 4.61. The third-order valence-corrected chi connectivity index (χ3v) is 4.55. The average molecular weight is 357 g/mol. The summed E-state index contributed by atoms with van der Waals surface area (Å²) in [7, 11) is 0. The Morgan fingerprint density at radius 3 is 2.38 bits per heavy atom. The summed E-state index contributed by atoms with van der Waals surface area (Å²) in [5.74, 6) is -0.831. The molecule has 0 saturated carbocycles. The van der Waals surface area contributed by atoms with Gasteiger partial charge in [0.1, 0.15) is 5.69 Å². The Balaban J connectivity index is 1.99. The van der Waals surface area contributed by atoms with Crippen molar-refractivity contribution in [1.82, 2.24) is 4.98 Å². The second-order valence-electron chi connectivity index (χ2n) is 6.64. The molecule has 1 aromatic carbocycles. The molecule has 0 unspecified atom stereocenters. The number of carbonyl (C=O) groups excluding carboxylic acids is 2. The van der Waals surface area contributed by atoms with Crippen LogP contribution in [0.25, 0.3) is 0 Å². The molecule has 0 saturated heterocycles. The first-order chi connectivity index (χ1) is 12.3. The second-order valence-corrected chi connectivity index (χ2v) is 6.64. The van der Waals surface area contributed by atoms with Crippen molar-refractivity contribution in [3.05, 3.63) is 57.9 Å². The van der Waals surface area contributed by atoms with E-state index in [0.29, 0.717) is 16.7 Å². The molecule has 140 valence electrons. The minimum Gasteiger partial charge on any atom is -0.453 e. The van der Waals surface area contributed by atoms with Crippen molar-refractivity contribution in [2.75, 3.05) is 6.61 Å². The lowest BCUT2D eigenvalue weighted by Gasteiger charge is -2.07. The first-order valence-electron chi connectivity index (χ1n) is 9.01. The van der Waals surface area contributed by atoms with Crippen LogP contribution in [0.3, 0.4) is 0 Å². The van der Waals surface area contributed by atoms with Crippen LogP contribution in [0.15, 0.2) is 24.3 Å². The molecular formula is C21H27NO4. The van der Waals surface area contributed by atoms with Crippen LogP contribution >= 0.6 is 0 Å². The first-order valence-corrected chi connectivity index (χ1v) is 9.01. The molecule has 2 N–H and O–H groups in total. The van der Waals surface area contributed by atoms with E-state index in [4.69, 9.17) is 4.74 Å². The highest BCUT2D eigenvalue weighted by Gasteiger charge is 2.21. The van der Waals surface area contributed by atoms with Gasteiger partial charge < -0.3 is 14.8 Å². The zero-order valence-corrected chi connectivity index (χ0v) is 15.9. The molecule has 0 aliphatic rings. The van der Waals surface area contributed by atoms with Crippen molar-refractivity contribution < 1.29 is 19.4 Å². The number of hydrogen-bond donors (Lipinski definition) is 2. The lowest BCUT2D eigenvalue weighted by Crippen LogP contribution is -2.15. The van der Waals surface area contributed by atoms with Gasteiger partial charge in [-0.2, -0.15) is 0 Å². The number of aryl methyl sites for hydroxylation is 2. The van der Waals surface area contributed by atoms with Gasteiger partial charge in [-0.1, -0.05) is 37.6 Å². The van der Waals surface area contributed by atoms with Crippen LogP contribution in [0.5, 0.6) is 0 Å². The number of Topliss-reactive ketones (excluding diaryl/α,β-unsaturated/α-hetero) is 1. The molecule has 0 bridgehead atoms. The minimum absolute atomic E-state index is 0.239. The predicted octanol–water partition coefficient (Wildman–Crippen LogP) is 4.07. The Morgan fingerprint density at radius 2 is 1.85 bits per heavy atom. The van der Waals surface area contributed by atoms with Gasteiger partial charge in [-0.15, -0.1) is 0 Å². The number of unbranched alkanes of at least 4 members (excludes halogenated alkanes) is 1. The van der Waals surface area contributed by atoms with E-state index in [2.05, 4.69) is 11.9 Å². The van der Waals surface area contributed by atoms with Crippen molar-refractivity contribution in [2.24, 2.45) is 0 Å². The maximum Gasteiger partial charge on any atom is 0.355 e. The maximum atomic E-state index is 12.3. The number of carbonyl (C=O) groups is 2. The lowest BCUT2D eigenvalue weighted by molar-refractivity contribution is 0.0468. The maximum absolute atomic E-state index is 12.3. The number of ketones is 1. The Hall–Kier alpha value is -2.40. The first kappa shape index (κ1) is 19.9. The number of H-pyrrole nitrogens is 1. The van der Waals surface area contributed by atoms with E-state index in [9.17, 15) is 14.7 Å². The van der Waals surface area contributed by atoms with Crippen LogP contribution in [-0.4, -0.2) is 28.4 Å². The van der Waals surface area contributed by atoms with Crippen molar-refractivity contribution in [1.29, 1.82) is 0 Å². The van der Waals surface area contributed by atoms with Gasteiger partial charge in [0.05, 0.1) is 6.10 Å². The van der Waals surface area contributed by atoms with E-state index in [-0.39, 0.29) is 18.1 Å². The lowest BCUT2D eigenvalue weighted by atomic mass is 10.0. The average Bonchev–Trinajstić information content (AvgIpc) is 2.92. The topological polar surface area (TPSA) is 79.4 Å². The zero-order valence-electron chi connectivity index (χ0n) is 15.9. The molecule has 0 aliphatic heterocycles. The number of aliphatic hydroxyl groups excluding tert-OH is 1. The molecule has 2 aromatic rings. The molecule has 0 fully saturated rings. The highest BCUT2D eigenvalue weighted by atomic mass is 16.5. The number of aliphatic hydroxyl groups is 1. The SMILES string of the molecule is CCCCc1ccc(C(=O)COC(=O)c2[nH]c(C)c([C@@H](C)O)c2C)cc1. The standard InChI is InChI=1S/C21H27NO4/c1-5-6-7-16-8-10-17(11-9-16)18(24)12-26-21(25)20-13(2)19(15(4)23)14(3)22-20/h8-11,15,22-23H,5-7,12H2,1-4H3/t15-/m1/s1. The summed E-state index contributed by atoms with van der Waals surface area (Å²) in [5.41, 5.74) is 4.06. The fourth-order valence-electron chi connectivity index (χ4n) is 3.12. The zero-order chi connectivity index (χ0) is 19.3. The van der Waals surface area contributed by atoms with E-state index in [1.165, 1.54) is 5.56 Å². The Kier molecular flexibility index (Phi) is 6.75. The van der Waals surface area contributed by atoms with Gasteiger partial charge in [0, 0.05) is 16.8 Å².